The summed E-state index contributed by atoms with van der Waals surface area (Å²) in [4.78, 5) is 38.4. The zero-order valence-electron chi connectivity index (χ0n) is 53.7. The Bertz CT molecular complexity index is 1690. The van der Waals surface area contributed by atoms with Gasteiger partial charge in [0.2, 0.25) is 0 Å². The molecule has 468 valence electrons. The number of hydrogen-bond acceptors (Lipinski definition) is 6. The maximum absolute atomic E-state index is 12.9. The minimum absolute atomic E-state index is 0.0890. The SMILES string of the molecule is CC/C=C\C/C=C\C/C=C\C/C=C\C/C=C\C/C=C\C/C=C\C/C=C\CCCCCCCCC(=O)OCC(COC(=O)CCCCCCC/C=C\C/C=C\CCCCCC)OC(=O)CCCCCCCCCCCCCCCCCCC. The molecule has 0 saturated carbocycles. The summed E-state index contributed by atoms with van der Waals surface area (Å²) in [6, 6.07) is 0. The zero-order chi connectivity index (χ0) is 59.2. The van der Waals surface area contributed by atoms with Gasteiger partial charge in [0.15, 0.2) is 6.10 Å². The number of esters is 3. The van der Waals surface area contributed by atoms with E-state index in [-0.39, 0.29) is 31.1 Å². The molecule has 1 atom stereocenters. The summed E-state index contributed by atoms with van der Waals surface area (Å²) >= 11 is 0. The molecule has 0 aromatic rings. The lowest BCUT2D eigenvalue weighted by Gasteiger charge is -2.18. The van der Waals surface area contributed by atoms with E-state index in [0.717, 1.165) is 148 Å². The summed E-state index contributed by atoms with van der Waals surface area (Å²) in [5.74, 6) is -0.904. The van der Waals surface area contributed by atoms with Crippen molar-refractivity contribution in [2.75, 3.05) is 13.2 Å². The Labute approximate surface area is 507 Å². The Morgan fingerprint density at radius 3 is 0.756 bits per heavy atom. The molecule has 0 aliphatic carbocycles. The lowest BCUT2D eigenvalue weighted by atomic mass is 10.0. The van der Waals surface area contributed by atoms with Gasteiger partial charge in [-0.15, -0.1) is 0 Å². The van der Waals surface area contributed by atoms with Gasteiger partial charge in [0.1, 0.15) is 13.2 Å². The average Bonchev–Trinajstić information content (AvgIpc) is 3.48. The maximum atomic E-state index is 12.9. The van der Waals surface area contributed by atoms with Crippen molar-refractivity contribution in [3.8, 4) is 0 Å². The molecule has 0 amide bonds. The zero-order valence-corrected chi connectivity index (χ0v) is 53.7. The van der Waals surface area contributed by atoms with Gasteiger partial charge in [-0.05, 0) is 116 Å². The van der Waals surface area contributed by atoms with E-state index in [4.69, 9.17) is 14.2 Å². The van der Waals surface area contributed by atoms with Crippen molar-refractivity contribution in [1.82, 2.24) is 0 Å². The van der Waals surface area contributed by atoms with Gasteiger partial charge in [0, 0.05) is 19.3 Å². The van der Waals surface area contributed by atoms with Gasteiger partial charge in [-0.25, -0.2) is 0 Å². The molecule has 82 heavy (non-hydrogen) atoms. The molecule has 6 nitrogen and oxygen atoms in total. The number of unbranched alkanes of at least 4 members (excludes halogenated alkanes) is 31. The molecule has 0 heterocycles. The molecule has 0 aromatic heterocycles. The van der Waals surface area contributed by atoms with E-state index in [9.17, 15) is 14.4 Å². The number of ether oxygens (including phenoxy) is 3. The van der Waals surface area contributed by atoms with Gasteiger partial charge < -0.3 is 14.2 Å². The lowest BCUT2D eigenvalue weighted by Crippen LogP contribution is -2.30. The Morgan fingerprint density at radius 2 is 0.476 bits per heavy atom. The standard InChI is InChI=1S/C76H128O6/c1-4-7-10-13-16-19-22-25-28-31-32-33-34-35-36-37-38-39-40-41-42-43-44-46-48-51-54-57-60-63-66-69-75(78)81-72-73(71-80-74(77)68-65-62-59-56-53-50-47-30-27-24-21-18-15-12-9-6-3)82-76(79)70-67-64-61-58-55-52-49-45-29-26-23-20-17-14-11-8-5-2/h7,10,16,19,21,24-25,28,30,32-33,35-36,38-39,41-42,44,46-47,73H,4-6,8-9,11-15,17-18,20,22-23,26-27,29,31,34,37,40,43,45,48-72H2,1-3H3/b10-7-,19-16-,24-21-,28-25-,33-32-,36-35-,39-38-,42-41-,46-44-,47-30-. The molecule has 0 aliphatic heterocycles. The van der Waals surface area contributed by atoms with E-state index in [1.807, 2.05) is 0 Å². The van der Waals surface area contributed by atoms with E-state index in [0.29, 0.717) is 19.3 Å². The Balaban J connectivity index is 4.36. The molecule has 0 fully saturated rings. The fourth-order valence-electron chi connectivity index (χ4n) is 9.55. The van der Waals surface area contributed by atoms with Crippen molar-refractivity contribution in [1.29, 1.82) is 0 Å². The topological polar surface area (TPSA) is 78.9 Å². The van der Waals surface area contributed by atoms with E-state index >= 15 is 0 Å². The van der Waals surface area contributed by atoms with Gasteiger partial charge in [-0.2, -0.15) is 0 Å². The van der Waals surface area contributed by atoms with Crippen molar-refractivity contribution in [3.05, 3.63) is 122 Å². The highest BCUT2D eigenvalue weighted by Gasteiger charge is 2.19. The fraction of sp³-hybridized carbons (Fsp3) is 0.697. The van der Waals surface area contributed by atoms with Crippen molar-refractivity contribution >= 4 is 17.9 Å². The van der Waals surface area contributed by atoms with E-state index < -0.39 is 6.10 Å². The van der Waals surface area contributed by atoms with Crippen molar-refractivity contribution < 1.29 is 28.6 Å². The largest absolute Gasteiger partial charge is 0.462 e. The summed E-state index contributed by atoms with van der Waals surface area (Å²) in [6.45, 7) is 6.52. The van der Waals surface area contributed by atoms with Crippen LogP contribution in [0.15, 0.2) is 122 Å². The lowest BCUT2D eigenvalue weighted by molar-refractivity contribution is -0.167. The number of carbonyl (C=O) groups is 3. The molecule has 0 N–H and O–H groups in total. The Hall–Kier alpha value is -4.19. The predicted molar refractivity (Wildman–Crippen MR) is 357 cm³/mol. The summed E-state index contributed by atoms with van der Waals surface area (Å²) in [5.41, 5.74) is 0. The van der Waals surface area contributed by atoms with Crippen LogP contribution in [0.1, 0.15) is 323 Å². The minimum Gasteiger partial charge on any atom is -0.462 e. The first-order valence-electron chi connectivity index (χ1n) is 34.5. The van der Waals surface area contributed by atoms with Gasteiger partial charge in [-0.3, -0.25) is 14.4 Å². The van der Waals surface area contributed by atoms with Crippen LogP contribution in [0.4, 0.5) is 0 Å². The highest BCUT2D eigenvalue weighted by Crippen LogP contribution is 2.16. The second-order valence-corrected chi connectivity index (χ2v) is 22.7. The van der Waals surface area contributed by atoms with Crippen molar-refractivity contribution in [2.24, 2.45) is 0 Å². The second kappa shape index (κ2) is 69.3. The average molecular weight is 1140 g/mol. The number of rotatable bonds is 62. The van der Waals surface area contributed by atoms with Gasteiger partial charge in [0.25, 0.3) is 0 Å². The molecule has 0 radical (unpaired) electrons. The predicted octanol–water partition coefficient (Wildman–Crippen LogP) is 23.9. The van der Waals surface area contributed by atoms with Crippen LogP contribution in [0.3, 0.4) is 0 Å². The molecule has 1 unspecified atom stereocenters. The fourth-order valence-corrected chi connectivity index (χ4v) is 9.55. The highest BCUT2D eigenvalue weighted by molar-refractivity contribution is 5.71. The first-order chi connectivity index (χ1) is 40.5. The van der Waals surface area contributed by atoms with Gasteiger partial charge in [0.05, 0.1) is 0 Å². The number of hydrogen-bond donors (Lipinski definition) is 0. The highest BCUT2D eigenvalue weighted by atomic mass is 16.6. The molecule has 0 spiro atoms. The van der Waals surface area contributed by atoms with E-state index in [2.05, 4.69) is 142 Å². The van der Waals surface area contributed by atoms with Crippen LogP contribution in [0.25, 0.3) is 0 Å². The molecule has 0 rings (SSSR count). The van der Waals surface area contributed by atoms with Crippen LogP contribution < -0.4 is 0 Å². The maximum Gasteiger partial charge on any atom is 0.306 e. The van der Waals surface area contributed by atoms with Crippen LogP contribution in [0.2, 0.25) is 0 Å². The Morgan fingerprint density at radius 1 is 0.256 bits per heavy atom. The van der Waals surface area contributed by atoms with E-state index in [1.165, 1.54) is 135 Å². The third-order valence-corrected chi connectivity index (χ3v) is 14.7. The molecule has 0 aliphatic rings. The third-order valence-electron chi connectivity index (χ3n) is 14.7. The van der Waals surface area contributed by atoms with E-state index in [1.54, 1.807) is 0 Å². The molecular weight excluding hydrogens is 1010 g/mol. The minimum atomic E-state index is -0.793. The molecule has 0 aromatic carbocycles. The summed E-state index contributed by atoms with van der Waals surface area (Å²) in [5, 5.41) is 0. The monoisotopic (exact) mass is 1140 g/mol. The van der Waals surface area contributed by atoms with Crippen LogP contribution in [0.5, 0.6) is 0 Å². The quantitative estimate of drug-likeness (QED) is 0.0261. The smallest absolute Gasteiger partial charge is 0.306 e. The Kier molecular flexibility index (Phi) is 65.8. The van der Waals surface area contributed by atoms with Gasteiger partial charge >= 0.3 is 17.9 Å². The molecule has 0 bridgehead atoms. The third kappa shape index (κ3) is 66.6. The van der Waals surface area contributed by atoms with Crippen LogP contribution in [0, 0.1) is 0 Å². The molecule has 6 heteroatoms. The van der Waals surface area contributed by atoms with Crippen molar-refractivity contribution in [3.63, 3.8) is 0 Å². The molecule has 0 saturated heterocycles. The second-order valence-electron chi connectivity index (χ2n) is 22.7. The summed E-state index contributed by atoms with van der Waals surface area (Å²) in [7, 11) is 0. The number of allylic oxidation sites excluding steroid dienone is 20. The number of carbonyl (C=O) groups excluding carboxylic acids is 3. The van der Waals surface area contributed by atoms with Crippen LogP contribution in [-0.4, -0.2) is 37.2 Å². The first kappa shape index (κ1) is 77.8. The summed E-state index contributed by atoms with van der Waals surface area (Å²) < 4.78 is 17.0. The first-order valence-corrected chi connectivity index (χ1v) is 34.5. The van der Waals surface area contributed by atoms with Crippen molar-refractivity contribution in [2.45, 2.75) is 329 Å². The molecular formula is C76H128O6. The van der Waals surface area contributed by atoms with Gasteiger partial charge in [-0.1, -0.05) is 309 Å². The van der Waals surface area contributed by atoms with Crippen LogP contribution in [-0.2, 0) is 28.6 Å². The normalized spacial score (nSPS) is 12.9. The van der Waals surface area contributed by atoms with Crippen LogP contribution >= 0.6 is 0 Å². The summed E-state index contributed by atoms with van der Waals surface area (Å²) in [6.07, 6.45) is 96.4.